The van der Waals surface area contributed by atoms with Gasteiger partial charge < -0.3 is 0 Å². The molecule has 0 spiro atoms. The number of aryl methyl sites for hydroxylation is 2. The summed E-state index contributed by atoms with van der Waals surface area (Å²) in [4.78, 5) is 12.2. The molecule has 112 valence electrons. The highest BCUT2D eigenvalue weighted by Crippen LogP contribution is 2.23. The Morgan fingerprint density at radius 2 is 2.05 bits per heavy atom. The second-order valence-electron chi connectivity index (χ2n) is 4.75. The third-order valence-electron chi connectivity index (χ3n) is 3.25. The van der Waals surface area contributed by atoms with Crippen LogP contribution < -0.4 is 0 Å². The van der Waals surface area contributed by atoms with Gasteiger partial charge in [0.25, 0.3) is 0 Å². The highest BCUT2D eigenvalue weighted by molar-refractivity contribution is 6.32. The zero-order chi connectivity index (χ0) is 15.6. The number of nitrogens with zero attached hydrogens (tertiary/aromatic N) is 2. The van der Waals surface area contributed by atoms with Crippen molar-refractivity contribution >= 4 is 29.0 Å². The maximum absolute atomic E-state index is 13.7. The summed E-state index contributed by atoms with van der Waals surface area (Å²) < 4.78 is 15.4. The van der Waals surface area contributed by atoms with Crippen molar-refractivity contribution in [2.75, 3.05) is 0 Å². The van der Waals surface area contributed by atoms with Crippen molar-refractivity contribution in [3.63, 3.8) is 0 Å². The molecule has 0 N–H and O–H groups in total. The molecule has 0 aliphatic heterocycles. The van der Waals surface area contributed by atoms with Crippen LogP contribution in [0.25, 0.3) is 0 Å². The summed E-state index contributed by atoms with van der Waals surface area (Å²) in [5.74, 6) is -0.624. The molecule has 21 heavy (non-hydrogen) atoms. The van der Waals surface area contributed by atoms with Gasteiger partial charge in [-0.1, -0.05) is 29.3 Å². The molecule has 3 nitrogen and oxygen atoms in total. The Hall–Kier alpha value is -1.39. The summed E-state index contributed by atoms with van der Waals surface area (Å²) in [6.45, 7) is 4.33. The third-order valence-corrected chi connectivity index (χ3v) is 4.10. The summed E-state index contributed by atoms with van der Waals surface area (Å²) in [5, 5.41) is 5.01. The number of ketones is 1. The maximum Gasteiger partial charge on any atom is 0.143 e. The number of halogens is 3. The van der Waals surface area contributed by atoms with E-state index in [9.17, 15) is 9.18 Å². The van der Waals surface area contributed by atoms with Gasteiger partial charge in [0.1, 0.15) is 11.6 Å². The van der Waals surface area contributed by atoms with Crippen LogP contribution in [0.1, 0.15) is 23.9 Å². The first kappa shape index (κ1) is 16.0. The van der Waals surface area contributed by atoms with Crippen molar-refractivity contribution < 1.29 is 9.18 Å². The predicted octanol–water partition coefficient (Wildman–Crippen LogP) is 4.01. The van der Waals surface area contributed by atoms with Crippen LogP contribution in [-0.2, 0) is 24.2 Å². The van der Waals surface area contributed by atoms with E-state index in [1.165, 1.54) is 12.1 Å². The number of benzene rings is 1. The molecule has 0 radical (unpaired) electrons. The molecular weight excluding hydrogens is 314 g/mol. The number of Topliss-reactive ketones (excluding diaryl/α,β-unsaturated/α-hetero) is 1. The minimum atomic E-state index is -0.470. The summed E-state index contributed by atoms with van der Waals surface area (Å²) in [6.07, 6.45) is 0.0496. The second kappa shape index (κ2) is 6.58. The van der Waals surface area contributed by atoms with E-state index in [0.717, 1.165) is 0 Å². The highest BCUT2D eigenvalue weighted by Gasteiger charge is 2.18. The Balaban J connectivity index is 2.20. The Kier molecular flexibility index (Phi) is 5.01. The molecule has 0 aliphatic rings. The van der Waals surface area contributed by atoms with Crippen LogP contribution in [0.3, 0.4) is 0 Å². The lowest BCUT2D eigenvalue weighted by molar-refractivity contribution is -0.117. The molecule has 0 amide bonds. The van der Waals surface area contributed by atoms with Gasteiger partial charge in [0.05, 0.1) is 22.8 Å². The van der Waals surface area contributed by atoms with Crippen molar-refractivity contribution in [1.82, 2.24) is 9.78 Å². The number of aromatic nitrogens is 2. The zero-order valence-corrected chi connectivity index (χ0v) is 13.3. The molecule has 0 bridgehead atoms. The van der Waals surface area contributed by atoms with Crippen LogP contribution in [0.15, 0.2) is 18.2 Å². The van der Waals surface area contributed by atoms with Crippen LogP contribution in [0.5, 0.6) is 0 Å². The first-order valence-corrected chi connectivity index (χ1v) is 7.36. The fraction of sp³-hybridized carbons (Fsp3) is 0.333. The predicted molar refractivity (Wildman–Crippen MR) is 81.5 cm³/mol. The van der Waals surface area contributed by atoms with Gasteiger partial charge in [0.15, 0.2) is 0 Å². The molecule has 0 atom stereocenters. The second-order valence-corrected chi connectivity index (χ2v) is 5.54. The highest BCUT2D eigenvalue weighted by atomic mass is 35.5. The van der Waals surface area contributed by atoms with E-state index in [-0.39, 0.29) is 29.2 Å². The Labute approximate surface area is 132 Å². The normalized spacial score (nSPS) is 10.9. The minimum absolute atomic E-state index is 0.0597. The molecule has 2 aromatic rings. The van der Waals surface area contributed by atoms with Gasteiger partial charge in [-0.25, -0.2) is 4.39 Å². The van der Waals surface area contributed by atoms with E-state index in [4.69, 9.17) is 23.2 Å². The van der Waals surface area contributed by atoms with Crippen molar-refractivity contribution in [2.24, 2.45) is 0 Å². The SMILES string of the molecule is CCn1nc(C)c(Cl)c1CC(=O)Cc1c(F)cccc1Cl. The molecule has 0 fully saturated rings. The third kappa shape index (κ3) is 3.44. The van der Waals surface area contributed by atoms with E-state index in [1.807, 2.05) is 6.92 Å². The lowest BCUT2D eigenvalue weighted by atomic mass is 10.0. The number of hydrogen-bond acceptors (Lipinski definition) is 2. The van der Waals surface area contributed by atoms with Gasteiger partial charge in [0, 0.05) is 23.6 Å². The minimum Gasteiger partial charge on any atom is -0.299 e. The summed E-state index contributed by atoms with van der Waals surface area (Å²) in [5.41, 5.74) is 1.57. The molecule has 2 rings (SSSR count). The molecule has 6 heteroatoms. The average Bonchev–Trinajstić information content (AvgIpc) is 2.71. The van der Waals surface area contributed by atoms with Crippen LogP contribution in [0.2, 0.25) is 10.0 Å². The molecule has 0 aliphatic carbocycles. The van der Waals surface area contributed by atoms with Crippen LogP contribution in [0, 0.1) is 12.7 Å². The van der Waals surface area contributed by atoms with E-state index in [1.54, 1.807) is 17.7 Å². The largest absolute Gasteiger partial charge is 0.299 e. The molecular formula is C15H15Cl2FN2O. The number of carbonyl (C=O) groups is 1. The van der Waals surface area contributed by atoms with Gasteiger partial charge in [-0.3, -0.25) is 9.48 Å². The fourth-order valence-corrected chi connectivity index (χ4v) is 2.62. The van der Waals surface area contributed by atoms with E-state index < -0.39 is 5.82 Å². The molecule has 0 saturated heterocycles. The molecule has 0 unspecified atom stereocenters. The molecule has 1 aromatic carbocycles. The van der Waals surface area contributed by atoms with Crippen LogP contribution >= 0.6 is 23.2 Å². The van der Waals surface area contributed by atoms with Crippen LogP contribution in [-0.4, -0.2) is 15.6 Å². The van der Waals surface area contributed by atoms with Crippen molar-refractivity contribution in [3.8, 4) is 0 Å². The zero-order valence-electron chi connectivity index (χ0n) is 11.8. The van der Waals surface area contributed by atoms with Gasteiger partial charge in [-0.15, -0.1) is 0 Å². The Bertz CT molecular complexity index is 662. The molecule has 0 saturated carbocycles. The van der Waals surface area contributed by atoms with Gasteiger partial charge in [0.2, 0.25) is 0 Å². The summed E-state index contributed by atoms with van der Waals surface area (Å²) in [7, 11) is 0. The Morgan fingerprint density at radius 1 is 1.33 bits per heavy atom. The lowest BCUT2D eigenvalue weighted by Gasteiger charge is -2.07. The lowest BCUT2D eigenvalue weighted by Crippen LogP contribution is -2.13. The standard InChI is InChI=1S/C15H15Cl2FN2O/c1-3-20-14(15(17)9(2)19-20)8-10(21)7-11-12(16)5-4-6-13(11)18/h4-6H,3,7-8H2,1-2H3. The van der Waals surface area contributed by atoms with Crippen LogP contribution in [0.4, 0.5) is 4.39 Å². The molecule has 1 aromatic heterocycles. The number of rotatable bonds is 5. The summed E-state index contributed by atoms with van der Waals surface area (Å²) in [6, 6.07) is 4.38. The number of carbonyl (C=O) groups excluding carboxylic acids is 1. The van der Waals surface area contributed by atoms with Crippen molar-refractivity contribution in [1.29, 1.82) is 0 Å². The maximum atomic E-state index is 13.7. The van der Waals surface area contributed by atoms with E-state index in [0.29, 0.717) is 23.0 Å². The van der Waals surface area contributed by atoms with Gasteiger partial charge >= 0.3 is 0 Å². The topological polar surface area (TPSA) is 34.9 Å². The fourth-order valence-electron chi connectivity index (χ4n) is 2.19. The average molecular weight is 329 g/mol. The van der Waals surface area contributed by atoms with E-state index >= 15 is 0 Å². The monoisotopic (exact) mass is 328 g/mol. The van der Waals surface area contributed by atoms with Crippen molar-refractivity contribution in [2.45, 2.75) is 33.2 Å². The number of hydrogen-bond donors (Lipinski definition) is 0. The van der Waals surface area contributed by atoms with Crippen molar-refractivity contribution in [3.05, 3.63) is 51.0 Å². The van der Waals surface area contributed by atoms with Gasteiger partial charge in [-0.05, 0) is 26.0 Å². The smallest absolute Gasteiger partial charge is 0.143 e. The molecule has 1 heterocycles. The van der Waals surface area contributed by atoms with Gasteiger partial charge in [-0.2, -0.15) is 5.10 Å². The quantitative estimate of drug-likeness (QED) is 0.831. The first-order valence-electron chi connectivity index (χ1n) is 6.60. The van der Waals surface area contributed by atoms with E-state index in [2.05, 4.69) is 5.10 Å². The summed E-state index contributed by atoms with van der Waals surface area (Å²) >= 11 is 12.1. The first-order chi connectivity index (χ1) is 9.93. The Morgan fingerprint density at radius 3 is 2.67 bits per heavy atom.